The number of rotatable bonds is 5. The van der Waals surface area contributed by atoms with Crippen molar-refractivity contribution in [3.8, 4) is 0 Å². The van der Waals surface area contributed by atoms with Gasteiger partial charge in [-0.15, -0.1) is 0 Å². The fourth-order valence-electron chi connectivity index (χ4n) is 2.13. The van der Waals surface area contributed by atoms with Crippen molar-refractivity contribution in [1.29, 1.82) is 0 Å². The lowest BCUT2D eigenvalue weighted by Gasteiger charge is -2.18. The summed E-state index contributed by atoms with van der Waals surface area (Å²) in [6.45, 7) is 3.27. The first-order chi connectivity index (χ1) is 9.54. The first kappa shape index (κ1) is 15.5. The number of ether oxygens (including phenoxy) is 1. The zero-order valence-electron chi connectivity index (χ0n) is 11.4. The Morgan fingerprint density at radius 3 is 2.95 bits per heavy atom. The summed E-state index contributed by atoms with van der Waals surface area (Å²) >= 11 is 9.59. The van der Waals surface area contributed by atoms with Crippen LogP contribution in [0.15, 0.2) is 28.9 Å². The molecule has 0 saturated heterocycles. The molecule has 0 spiro atoms. The van der Waals surface area contributed by atoms with Gasteiger partial charge in [0.2, 0.25) is 0 Å². The molecule has 1 aromatic heterocycles. The minimum absolute atomic E-state index is 0.289. The van der Waals surface area contributed by atoms with Crippen LogP contribution in [0.3, 0.4) is 0 Å². The van der Waals surface area contributed by atoms with E-state index >= 15 is 0 Å². The van der Waals surface area contributed by atoms with Crippen molar-refractivity contribution >= 4 is 27.5 Å². The zero-order chi connectivity index (χ0) is 14.7. The fourth-order valence-corrected chi connectivity index (χ4v) is 2.85. The first-order valence-corrected chi connectivity index (χ1v) is 7.43. The monoisotopic (exact) mass is 357 g/mol. The molecule has 0 amide bonds. The van der Waals surface area contributed by atoms with E-state index in [1.807, 2.05) is 29.8 Å². The average molecular weight is 359 g/mol. The Morgan fingerprint density at radius 2 is 2.25 bits per heavy atom. The van der Waals surface area contributed by atoms with Crippen LogP contribution < -0.4 is 5.73 Å². The quantitative estimate of drug-likeness (QED) is 0.892. The van der Waals surface area contributed by atoms with Gasteiger partial charge in [-0.05, 0) is 46.1 Å². The number of benzene rings is 1. The molecule has 1 atom stereocenters. The van der Waals surface area contributed by atoms with Gasteiger partial charge in [-0.3, -0.25) is 4.68 Å². The molecule has 108 valence electrons. The number of hydrogen-bond donors (Lipinski definition) is 1. The van der Waals surface area contributed by atoms with E-state index in [0.29, 0.717) is 18.2 Å². The van der Waals surface area contributed by atoms with E-state index in [9.17, 15) is 0 Å². The number of hydrogen-bond acceptors (Lipinski definition) is 3. The van der Waals surface area contributed by atoms with Crippen molar-refractivity contribution in [1.82, 2.24) is 9.78 Å². The van der Waals surface area contributed by atoms with E-state index in [4.69, 9.17) is 22.1 Å². The molecule has 1 heterocycles. The molecule has 20 heavy (non-hydrogen) atoms. The van der Waals surface area contributed by atoms with Crippen molar-refractivity contribution in [2.24, 2.45) is 5.73 Å². The van der Waals surface area contributed by atoms with E-state index in [-0.39, 0.29) is 6.04 Å². The Hall–Kier alpha value is -0.880. The number of nitrogens with zero attached hydrogens (tertiary/aromatic N) is 2. The summed E-state index contributed by atoms with van der Waals surface area (Å²) in [5.41, 5.74) is 9.44. The van der Waals surface area contributed by atoms with Gasteiger partial charge >= 0.3 is 0 Å². The minimum Gasteiger partial charge on any atom is -0.383 e. The first-order valence-electron chi connectivity index (χ1n) is 6.26. The smallest absolute Gasteiger partial charge is 0.0740 e. The molecule has 2 aromatic rings. The van der Waals surface area contributed by atoms with Gasteiger partial charge in [-0.1, -0.05) is 17.7 Å². The zero-order valence-corrected chi connectivity index (χ0v) is 13.8. The van der Waals surface area contributed by atoms with E-state index in [2.05, 4.69) is 21.0 Å². The molecule has 4 nitrogen and oxygen atoms in total. The molecule has 2 N–H and O–H groups in total. The lowest BCUT2D eigenvalue weighted by Crippen LogP contribution is -2.20. The molecule has 1 aromatic carbocycles. The van der Waals surface area contributed by atoms with Gasteiger partial charge in [0.15, 0.2) is 0 Å². The summed E-state index contributed by atoms with van der Waals surface area (Å²) < 4.78 is 7.85. The highest BCUT2D eigenvalue weighted by molar-refractivity contribution is 9.10. The van der Waals surface area contributed by atoms with Crippen LogP contribution in [0.1, 0.15) is 22.9 Å². The minimum atomic E-state index is -0.289. The van der Waals surface area contributed by atoms with Crippen molar-refractivity contribution in [3.63, 3.8) is 0 Å². The largest absolute Gasteiger partial charge is 0.383 e. The van der Waals surface area contributed by atoms with Crippen LogP contribution >= 0.6 is 27.5 Å². The van der Waals surface area contributed by atoms with Crippen LogP contribution in [-0.4, -0.2) is 23.5 Å². The van der Waals surface area contributed by atoms with Gasteiger partial charge < -0.3 is 10.5 Å². The Bertz CT molecular complexity index is 600. The standard InChI is InChI=1S/C14H17BrClN3O/c1-9-3-4-10(16)7-11(9)13(17)14-12(15)8-18-19(14)5-6-20-2/h3-4,7-8,13H,5-6,17H2,1-2H3. The normalized spacial score (nSPS) is 12.7. The number of aromatic nitrogens is 2. The van der Waals surface area contributed by atoms with E-state index < -0.39 is 0 Å². The molecule has 1 unspecified atom stereocenters. The van der Waals surface area contributed by atoms with E-state index in [1.54, 1.807) is 13.3 Å². The van der Waals surface area contributed by atoms with E-state index in [1.165, 1.54) is 0 Å². The molecule has 6 heteroatoms. The number of nitrogens with two attached hydrogens (primary N) is 1. The lowest BCUT2D eigenvalue weighted by molar-refractivity contribution is 0.182. The second-order valence-corrected chi connectivity index (χ2v) is 5.86. The van der Waals surface area contributed by atoms with Crippen LogP contribution in [0, 0.1) is 6.92 Å². The van der Waals surface area contributed by atoms with Crippen LogP contribution in [0.2, 0.25) is 5.02 Å². The molecule has 0 bridgehead atoms. The van der Waals surface area contributed by atoms with Crippen LogP contribution in [0.4, 0.5) is 0 Å². The topological polar surface area (TPSA) is 53.1 Å². The highest BCUT2D eigenvalue weighted by atomic mass is 79.9. The van der Waals surface area contributed by atoms with Gasteiger partial charge in [-0.25, -0.2) is 0 Å². The summed E-state index contributed by atoms with van der Waals surface area (Å²) in [4.78, 5) is 0. The highest BCUT2D eigenvalue weighted by Crippen LogP contribution is 2.30. The summed E-state index contributed by atoms with van der Waals surface area (Å²) in [7, 11) is 1.67. The van der Waals surface area contributed by atoms with E-state index in [0.717, 1.165) is 21.3 Å². The second kappa shape index (κ2) is 6.72. The SMILES string of the molecule is COCCn1ncc(Br)c1C(N)c1cc(Cl)ccc1C. The van der Waals surface area contributed by atoms with Crippen molar-refractivity contribution in [3.05, 3.63) is 50.7 Å². The van der Waals surface area contributed by atoms with Crippen molar-refractivity contribution in [2.45, 2.75) is 19.5 Å². The highest BCUT2D eigenvalue weighted by Gasteiger charge is 2.20. The van der Waals surface area contributed by atoms with Crippen LogP contribution in [0.25, 0.3) is 0 Å². The second-order valence-electron chi connectivity index (χ2n) is 4.57. The van der Waals surface area contributed by atoms with Gasteiger partial charge in [0.25, 0.3) is 0 Å². The molecule has 2 rings (SSSR count). The maximum Gasteiger partial charge on any atom is 0.0740 e. The van der Waals surface area contributed by atoms with Gasteiger partial charge in [0, 0.05) is 12.1 Å². The van der Waals surface area contributed by atoms with Crippen LogP contribution in [-0.2, 0) is 11.3 Å². The maximum absolute atomic E-state index is 6.41. The average Bonchev–Trinajstić information content (AvgIpc) is 2.79. The summed E-state index contributed by atoms with van der Waals surface area (Å²) in [5, 5.41) is 5.01. The van der Waals surface area contributed by atoms with Gasteiger partial charge in [-0.2, -0.15) is 5.10 Å². The molecule has 0 aliphatic heterocycles. The third-order valence-corrected chi connectivity index (χ3v) is 4.06. The van der Waals surface area contributed by atoms with Gasteiger partial charge in [0.05, 0.1) is 35.6 Å². The van der Waals surface area contributed by atoms with Crippen molar-refractivity contribution in [2.75, 3.05) is 13.7 Å². The number of aryl methyl sites for hydroxylation is 1. The Balaban J connectivity index is 2.39. The molecule has 0 fully saturated rings. The van der Waals surface area contributed by atoms with Crippen LogP contribution in [0.5, 0.6) is 0 Å². The Labute approximate surface area is 132 Å². The summed E-state index contributed by atoms with van der Waals surface area (Å²) in [6, 6.07) is 5.45. The molecule has 0 saturated carbocycles. The predicted molar refractivity (Wildman–Crippen MR) is 84.0 cm³/mol. The molecular formula is C14H17BrClN3O. The van der Waals surface area contributed by atoms with Crippen molar-refractivity contribution < 1.29 is 4.74 Å². The molecule has 0 aliphatic rings. The third kappa shape index (κ3) is 3.23. The summed E-state index contributed by atoms with van der Waals surface area (Å²) in [6.07, 6.45) is 1.75. The fraction of sp³-hybridized carbons (Fsp3) is 0.357. The predicted octanol–water partition coefficient (Wildman–Crippen LogP) is 3.30. The maximum atomic E-state index is 6.41. The number of halogens is 2. The molecular weight excluding hydrogens is 342 g/mol. The molecule has 0 radical (unpaired) electrons. The number of methoxy groups -OCH3 is 1. The molecule has 0 aliphatic carbocycles. The Morgan fingerprint density at radius 1 is 1.50 bits per heavy atom. The summed E-state index contributed by atoms with van der Waals surface area (Å²) in [5.74, 6) is 0. The third-order valence-electron chi connectivity index (χ3n) is 3.21. The lowest BCUT2D eigenvalue weighted by atomic mass is 9.99. The van der Waals surface area contributed by atoms with Gasteiger partial charge in [0.1, 0.15) is 0 Å². The Kier molecular flexibility index (Phi) is 5.21.